The first-order chi connectivity index (χ1) is 9.06. The number of carbonyl (C=O) groups is 2. The SMILES string of the molecule is COCC(C)(NC(=O)C1C(C=C(C)C)C1(C)C)C(=O)O. The maximum absolute atomic E-state index is 12.3. The molecular weight excluding hydrogens is 258 g/mol. The molecule has 0 aromatic rings. The number of carboxylic acids is 1. The highest BCUT2D eigenvalue weighted by atomic mass is 16.5. The topological polar surface area (TPSA) is 75.6 Å². The van der Waals surface area contributed by atoms with Crippen molar-refractivity contribution in [3.63, 3.8) is 0 Å². The zero-order valence-electron chi connectivity index (χ0n) is 13.1. The van der Waals surface area contributed by atoms with E-state index >= 15 is 0 Å². The summed E-state index contributed by atoms with van der Waals surface area (Å²) in [6, 6.07) is 0. The normalized spacial score (nSPS) is 26.3. The molecule has 1 amide bonds. The van der Waals surface area contributed by atoms with E-state index in [-0.39, 0.29) is 29.8 Å². The molecule has 0 saturated heterocycles. The van der Waals surface area contributed by atoms with Crippen molar-refractivity contribution in [3.8, 4) is 0 Å². The minimum absolute atomic E-state index is 0.0610. The highest BCUT2D eigenvalue weighted by molar-refractivity contribution is 5.90. The molecule has 1 aliphatic carbocycles. The molecule has 114 valence electrons. The lowest BCUT2D eigenvalue weighted by Gasteiger charge is -2.25. The molecule has 0 heterocycles. The van der Waals surface area contributed by atoms with Crippen LogP contribution in [0, 0.1) is 17.3 Å². The van der Waals surface area contributed by atoms with E-state index in [1.807, 2.05) is 27.7 Å². The molecule has 0 aromatic carbocycles. The Morgan fingerprint density at radius 1 is 1.40 bits per heavy atom. The van der Waals surface area contributed by atoms with Gasteiger partial charge in [-0.05, 0) is 32.1 Å². The van der Waals surface area contributed by atoms with Crippen LogP contribution in [0.25, 0.3) is 0 Å². The number of rotatable bonds is 6. The number of hydrogen-bond acceptors (Lipinski definition) is 3. The predicted molar refractivity (Wildman–Crippen MR) is 76.3 cm³/mol. The van der Waals surface area contributed by atoms with Gasteiger partial charge in [0, 0.05) is 7.11 Å². The Kier molecular flexibility index (Phi) is 4.64. The molecule has 3 atom stereocenters. The minimum atomic E-state index is -1.39. The summed E-state index contributed by atoms with van der Waals surface area (Å²) in [5.41, 5.74) is -0.357. The lowest BCUT2D eigenvalue weighted by atomic mass is 10.0. The van der Waals surface area contributed by atoms with Crippen LogP contribution in [0.3, 0.4) is 0 Å². The number of nitrogens with one attached hydrogen (secondary N) is 1. The van der Waals surface area contributed by atoms with Crippen molar-refractivity contribution in [1.29, 1.82) is 0 Å². The fourth-order valence-electron chi connectivity index (χ4n) is 2.64. The first kappa shape index (κ1) is 16.7. The van der Waals surface area contributed by atoms with Crippen LogP contribution < -0.4 is 5.32 Å². The first-order valence-electron chi connectivity index (χ1n) is 6.75. The van der Waals surface area contributed by atoms with Gasteiger partial charge in [0.15, 0.2) is 5.54 Å². The van der Waals surface area contributed by atoms with E-state index in [2.05, 4.69) is 11.4 Å². The van der Waals surface area contributed by atoms with Gasteiger partial charge in [-0.2, -0.15) is 0 Å². The summed E-state index contributed by atoms with van der Waals surface area (Å²) in [4.78, 5) is 23.7. The van der Waals surface area contributed by atoms with Crippen molar-refractivity contribution >= 4 is 11.9 Å². The van der Waals surface area contributed by atoms with Gasteiger partial charge in [-0.3, -0.25) is 4.79 Å². The van der Waals surface area contributed by atoms with E-state index in [0.29, 0.717) is 0 Å². The van der Waals surface area contributed by atoms with E-state index in [1.54, 1.807) is 0 Å². The summed E-state index contributed by atoms with van der Waals surface area (Å²) < 4.78 is 4.91. The average Bonchev–Trinajstić information content (AvgIpc) is 2.79. The Morgan fingerprint density at radius 2 is 1.95 bits per heavy atom. The number of amides is 1. The van der Waals surface area contributed by atoms with Gasteiger partial charge in [0.1, 0.15) is 0 Å². The van der Waals surface area contributed by atoms with Gasteiger partial charge >= 0.3 is 5.97 Å². The summed E-state index contributed by atoms with van der Waals surface area (Å²) in [6.45, 7) is 9.44. The molecule has 0 bridgehead atoms. The van der Waals surface area contributed by atoms with Gasteiger partial charge in [-0.15, -0.1) is 0 Å². The molecule has 0 radical (unpaired) electrons. The second-order valence-electron chi connectivity index (χ2n) is 6.63. The van der Waals surface area contributed by atoms with Crippen LogP contribution in [0.15, 0.2) is 11.6 Å². The second-order valence-corrected chi connectivity index (χ2v) is 6.63. The zero-order chi connectivity index (χ0) is 15.7. The molecule has 5 nitrogen and oxygen atoms in total. The van der Waals surface area contributed by atoms with E-state index in [9.17, 15) is 14.7 Å². The quantitative estimate of drug-likeness (QED) is 0.729. The fourth-order valence-corrected chi connectivity index (χ4v) is 2.64. The number of carbonyl (C=O) groups excluding carboxylic acids is 1. The number of carboxylic acid groups (broad SMARTS) is 1. The third-order valence-electron chi connectivity index (χ3n) is 4.01. The predicted octanol–water partition coefficient (Wildman–Crippen LogP) is 1.83. The van der Waals surface area contributed by atoms with E-state index < -0.39 is 11.5 Å². The number of hydrogen-bond donors (Lipinski definition) is 2. The third kappa shape index (κ3) is 3.20. The van der Waals surface area contributed by atoms with E-state index in [0.717, 1.165) is 5.57 Å². The molecule has 3 unspecified atom stereocenters. The summed E-state index contributed by atoms with van der Waals surface area (Å²) in [6.07, 6.45) is 2.08. The largest absolute Gasteiger partial charge is 0.479 e. The fraction of sp³-hybridized carbons (Fsp3) is 0.733. The maximum atomic E-state index is 12.3. The summed E-state index contributed by atoms with van der Waals surface area (Å²) in [5.74, 6) is -1.34. The third-order valence-corrected chi connectivity index (χ3v) is 4.01. The molecule has 0 aliphatic heterocycles. The van der Waals surface area contributed by atoms with Gasteiger partial charge < -0.3 is 15.2 Å². The highest BCUT2D eigenvalue weighted by Gasteiger charge is 2.61. The van der Waals surface area contributed by atoms with E-state index in [1.165, 1.54) is 14.0 Å². The van der Waals surface area contributed by atoms with Crippen molar-refractivity contribution in [2.45, 2.75) is 40.2 Å². The number of aliphatic carboxylic acids is 1. The molecule has 20 heavy (non-hydrogen) atoms. The summed E-state index contributed by atoms with van der Waals surface area (Å²) in [7, 11) is 1.42. The molecule has 1 aliphatic rings. The molecule has 5 heteroatoms. The van der Waals surface area contributed by atoms with Crippen molar-refractivity contribution in [1.82, 2.24) is 5.32 Å². The van der Waals surface area contributed by atoms with Gasteiger partial charge in [-0.1, -0.05) is 25.5 Å². The van der Waals surface area contributed by atoms with Crippen molar-refractivity contribution in [2.75, 3.05) is 13.7 Å². The molecule has 1 saturated carbocycles. The Morgan fingerprint density at radius 3 is 2.35 bits per heavy atom. The average molecular weight is 283 g/mol. The van der Waals surface area contributed by atoms with Crippen molar-refractivity contribution in [2.24, 2.45) is 17.3 Å². The van der Waals surface area contributed by atoms with Crippen LogP contribution in [-0.2, 0) is 14.3 Å². The monoisotopic (exact) mass is 283 g/mol. The van der Waals surface area contributed by atoms with Gasteiger partial charge in [0.2, 0.25) is 5.91 Å². The summed E-state index contributed by atoms with van der Waals surface area (Å²) >= 11 is 0. The number of ether oxygens (including phenoxy) is 1. The van der Waals surface area contributed by atoms with E-state index in [4.69, 9.17) is 4.74 Å². The number of allylic oxidation sites excluding steroid dienone is 2. The summed E-state index contributed by atoms with van der Waals surface area (Å²) in [5, 5.41) is 11.9. The van der Waals surface area contributed by atoms with Crippen LogP contribution >= 0.6 is 0 Å². The van der Waals surface area contributed by atoms with Crippen LogP contribution in [0.4, 0.5) is 0 Å². The van der Waals surface area contributed by atoms with Crippen LogP contribution in [0.5, 0.6) is 0 Å². The molecule has 1 rings (SSSR count). The van der Waals surface area contributed by atoms with Gasteiger partial charge in [0.25, 0.3) is 0 Å². The van der Waals surface area contributed by atoms with Crippen LogP contribution in [-0.4, -0.2) is 36.2 Å². The number of methoxy groups -OCH3 is 1. The van der Waals surface area contributed by atoms with Gasteiger partial charge in [0.05, 0.1) is 12.5 Å². The standard InChI is InChI=1S/C15H25NO4/c1-9(2)7-10-11(14(10,3)4)12(17)16-15(5,8-20-6)13(18)19/h7,10-11H,8H2,1-6H3,(H,16,17)(H,18,19). The van der Waals surface area contributed by atoms with Gasteiger partial charge in [-0.25, -0.2) is 4.79 Å². The second kappa shape index (κ2) is 5.56. The lowest BCUT2D eigenvalue weighted by Crippen LogP contribution is -2.56. The van der Waals surface area contributed by atoms with Crippen molar-refractivity contribution in [3.05, 3.63) is 11.6 Å². The molecule has 1 fully saturated rings. The Labute approximate surface area is 120 Å². The molecule has 0 aromatic heterocycles. The van der Waals surface area contributed by atoms with Crippen LogP contribution in [0.2, 0.25) is 0 Å². The Balaban J connectivity index is 2.82. The first-order valence-corrected chi connectivity index (χ1v) is 6.75. The molecular formula is C15H25NO4. The highest BCUT2D eigenvalue weighted by Crippen LogP contribution is 2.59. The molecule has 2 N–H and O–H groups in total. The molecule has 0 spiro atoms. The van der Waals surface area contributed by atoms with Crippen LogP contribution in [0.1, 0.15) is 34.6 Å². The van der Waals surface area contributed by atoms with Crippen molar-refractivity contribution < 1.29 is 19.4 Å². The maximum Gasteiger partial charge on any atom is 0.331 e. The Bertz CT molecular complexity index is 437. The Hall–Kier alpha value is -1.36. The minimum Gasteiger partial charge on any atom is -0.479 e. The zero-order valence-corrected chi connectivity index (χ0v) is 13.1. The smallest absolute Gasteiger partial charge is 0.331 e. The lowest BCUT2D eigenvalue weighted by molar-refractivity contribution is -0.149.